The van der Waals surface area contributed by atoms with E-state index in [9.17, 15) is 9.59 Å². The largest absolute Gasteiger partial charge is 0.369 e. The first kappa shape index (κ1) is 15.3. The second-order valence-corrected chi connectivity index (χ2v) is 5.94. The van der Waals surface area contributed by atoms with E-state index < -0.39 is 5.91 Å². The van der Waals surface area contributed by atoms with Crippen LogP contribution >= 0.6 is 0 Å². The molecule has 4 heterocycles. The maximum absolute atomic E-state index is 11.9. The summed E-state index contributed by atoms with van der Waals surface area (Å²) in [6.07, 6.45) is 4.81. The van der Waals surface area contributed by atoms with Gasteiger partial charge in [0.1, 0.15) is 5.82 Å². The van der Waals surface area contributed by atoms with Crippen molar-refractivity contribution in [3.63, 3.8) is 0 Å². The van der Waals surface area contributed by atoms with Crippen molar-refractivity contribution < 1.29 is 9.59 Å². The van der Waals surface area contributed by atoms with Crippen molar-refractivity contribution in [2.24, 2.45) is 5.73 Å². The van der Waals surface area contributed by atoms with E-state index >= 15 is 0 Å². The predicted molar refractivity (Wildman–Crippen MR) is 91.1 cm³/mol. The zero-order valence-corrected chi connectivity index (χ0v) is 13.4. The summed E-state index contributed by atoms with van der Waals surface area (Å²) in [4.78, 5) is 33.6. The van der Waals surface area contributed by atoms with Crippen LogP contribution in [0.4, 0.5) is 5.82 Å². The molecule has 126 valence electrons. The quantitative estimate of drug-likeness (QED) is 0.764. The van der Waals surface area contributed by atoms with Gasteiger partial charge in [0, 0.05) is 24.5 Å². The molecular weight excluding hydrogens is 320 g/mol. The molecule has 1 saturated heterocycles. The van der Waals surface area contributed by atoms with Gasteiger partial charge in [-0.1, -0.05) is 6.07 Å². The highest BCUT2D eigenvalue weighted by atomic mass is 16.2. The number of amides is 2. The molecule has 1 aliphatic heterocycles. The lowest BCUT2D eigenvalue weighted by molar-refractivity contribution is -0.118. The van der Waals surface area contributed by atoms with Gasteiger partial charge in [-0.15, -0.1) is 0 Å². The molecule has 0 saturated carbocycles. The summed E-state index contributed by atoms with van der Waals surface area (Å²) in [5, 5.41) is 5.20. The van der Waals surface area contributed by atoms with Crippen LogP contribution in [-0.2, 0) is 16.0 Å². The first-order chi connectivity index (χ1) is 12.1. The molecule has 0 spiro atoms. The molecule has 2 N–H and O–H groups in total. The maximum atomic E-state index is 11.9. The van der Waals surface area contributed by atoms with Crippen molar-refractivity contribution in [2.45, 2.75) is 19.3 Å². The van der Waals surface area contributed by atoms with Gasteiger partial charge in [0.2, 0.25) is 11.8 Å². The van der Waals surface area contributed by atoms with E-state index in [4.69, 9.17) is 5.73 Å². The smallest absolute Gasteiger partial charge is 0.228 e. The molecule has 0 bridgehead atoms. The van der Waals surface area contributed by atoms with Crippen LogP contribution in [0.15, 0.2) is 36.7 Å². The van der Waals surface area contributed by atoms with Gasteiger partial charge in [-0.25, -0.2) is 9.67 Å². The van der Waals surface area contributed by atoms with Crippen LogP contribution in [0.5, 0.6) is 0 Å². The Morgan fingerprint density at radius 1 is 1.24 bits per heavy atom. The average Bonchev–Trinajstić information content (AvgIpc) is 3.20. The number of anilines is 1. The van der Waals surface area contributed by atoms with Gasteiger partial charge in [-0.3, -0.25) is 19.5 Å². The van der Waals surface area contributed by atoms with Gasteiger partial charge in [0.05, 0.1) is 23.8 Å². The zero-order chi connectivity index (χ0) is 17.4. The molecule has 8 nitrogen and oxygen atoms in total. The predicted octanol–water partition coefficient (Wildman–Crippen LogP) is 0.970. The standard InChI is InChI=1S/C17H16N6O2/c18-14(24)8-12-7-13-11(9-19-12)10-20-23(13)16-4-1-3-15(21-16)22-6-2-5-17(22)25/h1,3-4,7,9-10H,2,5-6,8H2,(H2,18,24). The van der Waals surface area contributed by atoms with E-state index in [0.29, 0.717) is 30.3 Å². The number of carbonyl (C=O) groups is 2. The minimum atomic E-state index is -0.439. The number of aromatic nitrogens is 4. The van der Waals surface area contributed by atoms with E-state index in [0.717, 1.165) is 17.3 Å². The Morgan fingerprint density at radius 3 is 2.84 bits per heavy atom. The van der Waals surface area contributed by atoms with Gasteiger partial charge in [-0.05, 0) is 24.6 Å². The van der Waals surface area contributed by atoms with Gasteiger partial charge < -0.3 is 5.73 Å². The monoisotopic (exact) mass is 336 g/mol. The third-order valence-corrected chi connectivity index (χ3v) is 4.15. The number of nitrogens with two attached hydrogens (primary N) is 1. The van der Waals surface area contributed by atoms with Crippen LogP contribution in [0, 0.1) is 0 Å². The molecule has 8 heteroatoms. The maximum Gasteiger partial charge on any atom is 0.228 e. The highest BCUT2D eigenvalue weighted by Crippen LogP contribution is 2.22. The van der Waals surface area contributed by atoms with Crippen LogP contribution < -0.4 is 10.6 Å². The summed E-state index contributed by atoms with van der Waals surface area (Å²) in [6, 6.07) is 7.27. The van der Waals surface area contributed by atoms with Crippen molar-refractivity contribution in [3.8, 4) is 5.82 Å². The molecule has 3 aromatic heterocycles. The molecule has 0 unspecified atom stereocenters. The Balaban J connectivity index is 1.76. The third-order valence-electron chi connectivity index (χ3n) is 4.15. The minimum absolute atomic E-state index is 0.0663. The van der Waals surface area contributed by atoms with E-state index in [1.165, 1.54) is 0 Å². The van der Waals surface area contributed by atoms with Crippen molar-refractivity contribution in [2.75, 3.05) is 11.4 Å². The summed E-state index contributed by atoms with van der Waals surface area (Å²) in [7, 11) is 0. The fourth-order valence-electron chi connectivity index (χ4n) is 2.99. The van der Waals surface area contributed by atoms with Crippen molar-refractivity contribution in [1.82, 2.24) is 19.7 Å². The topological polar surface area (TPSA) is 107 Å². The number of nitrogens with zero attached hydrogens (tertiary/aromatic N) is 5. The highest BCUT2D eigenvalue weighted by molar-refractivity contribution is 5.94. The van der Waals surface area contributed by atoms with E-state index in [1.807, 2.05) is 18.2 Å². The van der Waals surface area contributed by atoms with Crippen LogP contribution in [0.1, 0.15) is 18.5 Å². The Hall–Kier alpha value is -3.29. The molecule has 1 fully saturated rings. The Kier molecular flexibility index (Phi) is 3.64. The molecular formula is C17H16N6O2. The summed E-state index contributed by atoms with van der Waals surface area (Å²) in [5.74, 6) is 0.868. The molecule has 25 heavy (non-hydrogen) atoms. The molecule has 1 aliphatic rings. The molecule has 0 aromatic carbocycles. The Morgan fingerprint density at radius 2 is 2.08 bits per heavy atom. The number of carbonyl (C=O) groups excluding carboxylic acids is 2. The van der Waals surface area contributed by atoms with Gasteiger partial charge in [-0.2, -0.15) is 5.10 Å². The lowest BCUT2D eigenvalue weighted by atomic mass is 10.2. The SMILES string of the molecule is NC(=O)Cc1cc2c(cn1)cnn2-c1cccc(N2CCCC2=O)n1. The lowest BCUT2D eigenvalue weighted by Gasteiger charge is -2.15. The molecule has 0 aliphatic carbocycles. The zero-order valence-electron chi connectivity index (χ0n) is 13.4. The normalized spacial score (nSPS) is 14.4. The summed E-state index contributed by atoms with van der Waals surface area (Å²) in [5.41, 5.74) is 6.60. The summed E-state index contributed by atoms with van der Waals surface area (Å²) >= 11 is 0. The Labute approximate surface area is 143 Å². The van der Waals surface area contributed by atoms with E-state index in [-0.39, 0.29) is 12.3 Å². The van der Waals surface area contributed by atoms with Crippen molar-refractivity contribution in [1.29, 1.82) is 0 Å². The average molecular weight is 336 g/mol. The van der Waals surface area contributed by atoms with Crippen LogP contribution in [-0.4, -0.2) is 38.1 Å². The number of primary amides is 1. The number of hydrogen-bond donors (Lipinski definition) is 1. The number of fused-ring (bicyclic) bond motifs is 1. The second-order valence-electron chi connectivity index (χ2n) is 5.94. The fourth-order valence-corrected chi connectivity index (χ4v) is 2.99. The highest BCUT2D eigenvalue weighted by Gasteiger charge is 2.23. The molecule has 4 rings (SSSR count). The van der Waals surface area contributed by atoms with Gasteiger partial charge >= 0.3 is 0 Å². The van der Waals surface area contributed by atoms with Crippen molar-refractivity contribution in [3.05, 3.63) is 42.4 Å². The summed E-state index contributed by atoms with van der Waals surface area (Å²) < 4.78 is 1.67. The van der Waals surface area contributed by atoms with Gasteiger partial charge in [0.25, 0.3) is 0 Å². The number of rotatable bonds is 4. The first-order valence-electron chi connectivity index (χ1n) is 8.00. The number of pyridine rings is 2. The number of hydrogen-bond acceptors (Lipinski definition) is 5. The molecule has 3 aromatic rings. The van der Waals surface area contributed by atoms with E-state index in [2.05, 4.69) is 15.1 Å². The van der Waals surface area contributed by atoms with Crippen LogP contribution in [0.3, 0.4) is 0 Å². The third kappa shape index (κ3) is 2.82. The van der Waals surface area contributed by atoms with Crippen molar-refractivity contribution >= 4 is 28.5 Å². The van der Waals surface area contributed by atoms with Gasteiger partial charge in [0.15, 0.2) is 5.82 Å². The fraction of sp³-hybridized carbons (Fsp3) is 0.235. The summed E-state index contributed by atoms with van der Waals surface area (Å²) in [6.45, 7) is 0.682. The van der Waals surface area contributed by atoms with Crippen LogP contribution in [0.25, 0.3) is 16.7 Å². The molecule has 2 amide bonds. The lowest BCUT2D eigenvalue weighted by Crippen LogP contribution is -2.25. The Bertz CT molecular complexity index is 980. The first-order valence-corrected chi connectivity index (χ1v) is 8.00. The van der Waals surface area contributed by atoms with E-state index in [1.54, 1.807) is 28.0 Å². The van der Waals surface area contributed by atoms with Crippen LogP contribution in [0.2, 0.25) is 0 Å². The second kappa shape index (κ2) is 5.97. The minimum Gasteiger partial charge on any atom is -0.369 e. The molecule has 0 radical (unpaired) electrons. The molecule has 0 atom stereocenters.